The highest BCUT2D eigenvalue weighted by Crippen LogP contribution is 2.46. The van der Waals surface area contributed by atoms with E-state index in [2.05, 4.69) is 538 Å². The highest BCUT2D eigenvalue weighted by atomic mass is 32.1. The third-order valence-corrected chi connectivity index (χ3v) is 30.5. The molecule has 7 heterocycles. The van der Waals surface area contributed by atoms with Crippen molar-refractivity contribution in [2.45, 2.75) is 0 Å². The lowest BCUT2D eigenvalue weighted by atomic mass is 9.98. The van der Waals surface area contributed by atoms with E-state index in [0.717, 1.165) is 0 Å². The van der Waals surface area contributed by atoms with Crippen molar-refractivity contribution >= 4 is 172 Å². The first-order valence-corrected chi connectivity index (χ1v) is 49.2. The van der Waals surface area contributed by atoms with Gasteiger partial charge in [0, 0.05) is 123 Å². The Morgan fingerprint density at radius 2 is 0.309 bits per heavy atom. The summed E-state index contributed by atoms with van der Waals surface area (Å²) in [6.45, 7) is 0. The third kappa shape index (κ3) is 14.0. The number of fused-ring (bicyclic) bond motifs is 21. The Kier molecular flexibility index (Phi) is 19.6. The normalized spacial score (nSPS) is 11.7. The second-order valence-corrected chi connectivity index (χ2v) is 38.3. The molecule has 0 amide bonds. The molecule has 650 valence electrons. The summed E-state index contributed by atoms with van der Waals surface area (Å²) < 4.78 is 17.3. The summed E-state index contributed by atoms with van der Waals surface area (Å²) >= 11 is 3.74. The van der Waals surface area contributed by atoms with E-state index >= 15 is 0 Å². The van der Waals surface area contributed by atoms with Gasteiger partial charge >= 0.3 is 0 Å². The van der Waals surface area contributed by atoms with E-state index in [4.69, 9.17) is 0 Å². The molecule has 0 saturated heterocycles. The molecule has 5 nitrogen and oxygen atoms in total. The van der Waals surface area contributed by atoms with E-state index in [1.807, 2.05) is 22.7 Å². The fraction of sp³-hybridized carbons (Fsp3) is 0. The van der Waals surface area contributed by atoms with Crippen LogP contribution in [0.2, 0.25) is 0 Å². The number of nitrogens with zero attached hydrogens (tertiary/aromatic N) is 5. The summed E-state index contributed by atoms with van der Waals surface area (Å²) in [6.07, 6.45) is 0. The molecule has 0 aliphatic carbocycles. The lowest BCUT2D eigenvalue weighted by Crippen LogP contribution is -1.94. The molecule has 139 heavy (non-hydrogen) atoms. The molecule has 0 saturated carbocycles. The molecule has 29 rings (SSSR count). The number of thiophene rings is 2. The zero-order valence-electron chi connectivity index (χ0n) is 75.6. The first kappa shape index (κ1) is 80.9. The molecular formula is C132H85N5S2. The van der Waals surface area contributed by atoms with Gasteiger partial charge in [0.15, 0.2) is 0 Å². The minimum atomic E-state index is 1.17. The quantitative estimate of drug-likeness (QED) is 0.116. The van der Waals surface area contributed by atoms with Gasteiger partial charge in [-0.05, 0) is 254 Å². The molecule has 0 N–H and O–H groups in total. The molecule has 0 aliphatic heterocycles. The molecule has 29 aromatic rings. The zero-order chi connectivity index (χ0) is 91.5. The maximum absolute atomic E-state index is 2.43. The summed E-state index contributed by atoms with van der Waals surface area (Å²) in [5, 5.41) is 18.0. The van der Waals surface area contributed by atoms with Crippen molar-refractivity contribution in [3.63, 3.8) is 0 Å². The molecule has 22 aromatic carbocycles. The Bertz CT molecular complexity index is 9880. The van der Waals surface area contributed by atoms with Crippen LogP contribution in [-0.4, -0.2) is 22.8 Å². The van der Waals surface area contributed by atoms with E-state index in [1.54, 1.807) is 0 Å². The van der Waals surface area contributed by atoms with Gasteiger partial charge in [-0.1, -0.05) is 340 Å². The van der Waals surface area contributed by atoms with E-state index in [1.165, 1.54) is 256 Å². The number of rotatable bonds is 12. The number of aromatic nitrogens is 5. The Balaban J connectivity index is 0.000000106. The van der Waals surface area contributed by atoms with Gasteiger partial charge in [-0.2, -0.15) is 0 Å². The third-order valence-electron chi connectivity index (χ3n) is 28.2. The Morgan fingerprint density at radius 1 is 0.101 bits per heavy atom. The zero-order valence-corrected chi connectivity index (χ0v) is 77.3. The smallest absolute Gasteiger partial charge is 0.0541 e. The Hall–Kier alpha value is -17.7. The largest absolute Gasteiger partial charge is 0.309 e. The van der Waals surface area contributed by atoms with Crippen LogP contribution in [0.15, 0.2) is 516 Å². The van der Waals surface area contributed by atoms with E-state index in [-0.39, 0.29) is 0 Å². The fourth-order valence-electron chi connectivity index (χ4n) is 21.7. The van der Waals surface area contributed by atoms with Crippen molar-refractivity contribution in [2.75, 3.05) is 0 Å². The Morgan fingerprint density at radius 3 is 0.662 bits per heavy atom. The summed E-state index contributed by atoms with van der Waals surface area (Å²) in [7, 11) is 0. The first-order chi connectivity index (χ1) is 68.9. The van der Waals surface area contributed by atoms with Gasteiger partial charge in [0.1, 0.15) is 0 Å². The molecule has 0 unspecified atom stereocenters. The van der Waals surface area contributed by atoms with Crippen molar-refractivity contribution in [3.05, 3.63) is 516 Å². The van der Waals surface area contributed by atoms with Gasteiger partial charge in [-0.25, -0.2) is 0 Å². The summed E-state index contributed by atoms with van der Waals surface area (Å²) in [6, 6.07) is 188. The van der Waals surface area contributed by atoms with Crippen LogP contribution in [0.5, 0.6) is 0 Å². The molecule has 0 radical (unpaired) electrons. The highest BCUT2D eigenvalue weighted by Gasteiger charge is 2.23. The van der Waals surface area contributed by atoms with Gasteiger partial charge < -0.3 is 22.8 Å². The maximum Gasteiger partial charge on any atom is 0.0541 e. The van der Waals surface area contributed by atoms with Crippen molar-refractivity contribution in [1.29, 1.82) is 0 Å². The van der Waals surface area contributed by atoms with Crippen LogP contribution in [-0.2, 0) is 0 Å². The molecule has 7 heteroatoms. The van der Waals surface area contributed by atoms with Crippen LogP contribution in [0, 0.1) is 0 Å². The topological polar surface area (TPSA) is 24.6 Å². The average molecular weight is 1810 g/mol. The van der Waals surface area contributed by atoms with Crippen LogP contribution in [0.3, 0.4) is 0 Å². The van der Waals surface area contributed by atoms with Gasteiger partial charge in [0.05, 0.1) is 55.2 Å². The van der Waals surface area contributed by atoms with Gasteiger partial charge in [-0.15, -0.1) is 22.7 Å². The van der Waals surface area contributed by atoms with Crippen LogP contribution < -0.4 is 0 Å². The molecule has 0 atom stereocenters. The van der Waals surface area contributed by atoms with Crippen LogP contribution in [0.25, 0.3) is 256 Å². The SMILES string of the molecule is c1ccc(-c2cccc(-n3c4ccccc4c4cc(-c5ccc(-c6ccc7c(c6)c6ccccc6n7-c6ccccc6)cc5)ccc43)c2)cc1.c1ccc(-c2cccc(-n3c4ccccc4c4cc(-c5ccc6c(c5)c5ccccc5n6-c5ccc6c(c5)sc5ccccc56)ccc43)c2)cc1.c1ccc(-n2c3ccccc3c3cc(-c4ccc(-c5ccc6sc7ccccc7c6c5)cc4)ccc32)cc1. The van der Waals surface area contributed by atoms with Crippen LogP contribution >= 0.6 is 22.7 Å². The van der Waals surface area contributed by atoms with Gasteiger partial charge in [0.2, 0.25) is 0 Å². The highest BCUT2D eigenvalue weighted by molar-refractivity contribution is 7.26. The summed E-state index contributed by atoms with van der Waals surface area (Å²) in [4.78, 5) is 0. The number of hydrogen-bond acceptors (Lipinski definition) is 2. The van der Waals surface area contributed by atoms with E-state index in [0.29, 0.717) is 0 Å². The van der Waals surface area contributed by atoms with Crippen molar-refractivity contribution < 1.29 is 0 Å². The first-order valence-electron chi connectivity index (χ1n) is 47.6. The number of benzene rings is 22. The molecule has 0 fully saturated rings. The predicted molar refractivity (Wildman–Crippen MR) is 595 cm³/mol. The standard InChI is InChI=1S/C48H30N2S.C48H32N2.C36H23NS/c1-2-11-31(12-3-1)32-13-10-14-35(27-32)49-43-18-7-4-15-37(43)41-28-33(21-25-45(41)49)34-22-26-46-42(29-34)38-16-5-8-19-44(38)50(46)36-23-24-40-39-17-6-9-20-47(39)51-48(40)30-36;1-3-12-33(13-4-1)36-14-11-17-40(30-36)50-46-21-10-8-19-42(46)44-32-38(27-29-48(44)50)35-24-22-34(23-25-35)37-26-28-47-43(31-37)41-18-7-9-20-45(41)49(47)39-15-5-2-6-16-39;1-2-8-28(9-3-1)37-33-12-6-4-10-29(33)31-22-26(18-20-34(31)37)24-14-16-25(17-15-24)27-19-21-36-32(23-27)30-11-5-7-13-35(30)38-36/h1-30H;1-32H;1-23H. The van der Waals surface area contributed by atoms with Crippen molar-refractivity contribution in [3.8, 4) is 106 Å². The monoisotopic (exact) mass is 1800 g/mol. The predicted octanol–water partition coefficient (Wildman–Crippen LogP) is 37.0. The molecule has 7 aromatic heterocycles. The van der Waals surface area contributed by atoms with Crippen LogP contribution in [0.1, 0.15) is 0 Å². The number of para-hydroxylation sites is 7. The van der Waals surface area contributed by atoms with E-state index < -0.39 is 0 Å². The second kappa shape index (κ2) is 33.7. The average Bonchev–Trinajstić information content (AvgIpc) is 1.65. The lowest BCUT2D eigenvalue weighted by molar-refractivity contribution is 1.18. The summed E-state index contributed by atoms with van der Waals surface area (Å²) in [5.41, 5.74) is 35.2. The Labute approximate surface area is 810 Å². The van der Waals surface area contributed by atoms with E-state index in [9.17, 15) is 0 Å². The van der Waals surface area contributed by atoms with Crippen LogP contribution in [0.4, 0.5) is 0 Å². The van der Waals surface area contributed by atoms with Crippen molar-refractivity contribution in [1.82, 2.24) is 22.8 Å². The maximum atomic E-state index is 2.43. The van der Waals surface area contributed by atoms with Crippen molar-refractivity contribution in [2.24, 2.45) is 0 Å². The van der Waals surface area contributed by atoms with Gasteiger partial charge in [0.25, 0.3) is 0 Å². The van der Waals surface area contributed by atoms with Gasteiger partial charge in [-0.3, -0.25) is 0 Å². The molecule has 0 aliphatic rings. The minimum absolute atomic E-state index is 1.17. The minimum Gasteiger partial charge on any atom is -0.309 e. The molecule has 0 spiro atoms. The summed E-state index contributed by atoms with van der Waals surface area (Å²) in [5.74, 6) is 0. The second-order valence-electron chi connectivity index (χ2n) is 36.2. The molecule has 0 bridgehead atoms. The molecular weight excluding hydrogens is 1720 g/mol. The fourth-order valence-corrected chi connectivity index (χ4v) is 23.9. The number of hydrogen-bond donors (Lipinski definition) is 0. The lowest BCUT2D eigenvalue weighted by Gasteiger charge is -2.11.